The molecule has 9 nitrogen and oxygen atoms in total. The number of aliphatic hydroxyl groups is 5. The van der Waals surface area contributed by atoms with Crippen LogP contribution in [0.5, 0.6) is 0 Å². The molecule has 7 atom stereocenters. The highest BCUT2D eigenvalue weighted by molar-refractivity contribution is 5.76. The Morgan fingerprint density at radius 2 is 0.873 bits per heavy atom. The molecule has 1 rings (SSSR count). The second kappa shape index (κ2) is 44.7. The minimum absolute atomic E-state index is 0.171. The fourth-order valence-corrected chi connectivity index (χ4v) is 8.98. The molecule has 9 heteroatoms. The van der Waals surface area contributed by atoms with Gasteiger partial charge in [-0.05, 0) is 19.3 Å². The van der Waals surface area contributed by atoms with Gasteiger partial charge in [0, 0.05) is 6.42 Å². The van der Waals surface area contributed by atoms with Gasteiger partial charge in [0.1, 0.15) is 24.4 Å². The van der Waals surface area contributed by atoms with Crippen LogP contribution >= 0.6 is 0 Å². The Balaban J connectivity index is 2.23. The Labute approximate surface area is 388 Å². The molecule has 0 aromatic rings. The monoisotopic (exact) mass is 896 g/mol. The number of ether oxygens (including phenoxy) is 2. The number of rotatable bonds is 47. The Morgan fingerprint density at radius 1 is 0.524 bits per heavy atom. The number of hydrogen-bond donors (Lipinski definition) is 6. The number of carbonyl (C=O) groups excluding carboxylic acids is 1. The first kappa shape index (κ1) is 59.9. The van der Waals surface area contributed by atoms with Crippen LogP contribution in [0.3, 0.4) is 0 Å². The molecule has 1 fully saturated rings. The van der Waals surface area contributed by atoms with Crippen LogP contribution in [0.25, 0.3) is 0 Å². The van der Waals surface area contributed by atoms with Gasteiger partial charge in [-0.25, -0.2) is 0 Å². The molecule has 0 bridgehead atoms. The number of allylic oxidation sites excluding steroid dienone is 1. The summed E-state index contributed by atoms with van der Waals surface area (Å²) in [6.45, 7) is 3.81. The van der Waals surface area contributed by atoms with Crippen LogP contribution in [0.1, 0.15) is 271 Å². The van der Waals surface area contributed by atoms with E-state index in [0.717, 1.165) is 38.5 Å². The van der Waals surface area contributed by atoms with E-state index in [0.29, 0.717) is 6.42 Å². The molecule has 1 aliphatic rings. The fourth-order valence-electron chi connectivity index (χ4n) is 8.98. The van der Waals surface area contributed by atoms with Gasteiger partial charge in [0.2, 0.25) is 5.91 Å². The fraction of sp³-hybridized carbons (Fsp3) is 0.944. The largest absolute Gasteiger partial charge is 0.394 e. The summed E-state index contributed by atoms with van der Waals surface area (Å²) in [7, 11) is 0. The molecular formula is C54H105NO8. The molecule has 0 radical (unpaired) electrons. The van der Waals surface area contributed by atoms with E-state index in [-0.39, 0.29) is 12.5 Å². The average molecular weight is 896 g/mol. The van der Waals surface area contributed by atoms with E-state index in [2.05, 4.69) is 19.2 Å². The lowest BCUT2D eigenvalue weighted by Crippen LogP contribution is -2.60. The van der Waals surface area contributed by atoms with E-state index in [4.69, 9.17) is 9.47 Å². The molecule has 0 spiro atoms. The van der Waals surface area contributed by atoms with E-state index >= 15 is 0 Å². The molecule has 2 unspecified atom stereocenters. The van der Waals surface area contributed by atoms with Crippen LogP contribution < -0.4 is 5.32 Å². The van der Waals surface area contributed by atoms with Crippen LogP contribution in [0.15, 0.2) is 12.2 Å². The van der Waals surface area contributed by atoms with E-state index in [1.807, 2.05) is 6.08 Å². The summed E-state index contributed by atoms with van der Waals surface area (Å²) in [4.78, 5) is 13.0. The number of nitrogens with one attached hydrogen (secondary N) is 1. The predicted molar refractivity (Wildman–Crippen MR) is 263 cm³/mol. The summed E-state index contributed by atoms with van der Waals surface area (Å²) in [6.07, 6.45) is 47.0. The smallest absolute Gasteiger partial charge is 0.220 e. The SMILES string of the molecule is CCCCCCCCCCCCCCCCC/C=C/[C@@H](O)[C@H](CO[C@@H]1O[C@H](CO)[C@H](O)C(O)C1O)NC(=O)CCCCCCCCCCCCCCCCCCCCCCCCC. The lowest BCUT2D eigenvalue weighted by Gasteiger charge is -2.40. The van der Waals surface area contributed by atoms with Crippen molar-refractivity contribution in [3.8, 4) is 0 Å². The van der Waals surface area contributed by atoms with Crippen molar-refractivity contribution in [2.75, 3.05) is 13.2 Å². The zero-order valence-corrected chi connectivity index (χ0v) is 41.4. The van der Waals surface area contributed by atoms with Gasteiger partial charge in [-0.3, -0.25) is 4.79 Å². The Hall–Kier alpha value is -1.07. The number of aliphatic hydroxyl groups excluding tert-OH is 5. The summed E-state index contributed by atoms with van der Waals surface area (Å²) in [6, 6.07) is -0.799. The quantitative estimate of drug-likeness (QED) is 0.0261. The molecule has 1 saturated heterocycles. The van der Waals surface area contributed by atoms with Crippen molar-refractivity contribution in [3.63, 3.8) is 0 Å². The topological polar surface area (TPSA) is 149 Å². The molecule has 0 aromatic heterocycles. The van der Waals surface area contributed by atoms with Crippen molar-refractivity contribution >= 4 is 5.91 Å². The standard InChI is InChI=1S/C54H105NO8/c1-3-5-7-9-11-13-15-17-19-21-22-23-24-25-26-28-30-32-34-36-38-40-42-44-50(58)55-47(46-62-54-53(61)52(60)51(59)49(45-56)63-54)48(57)43-41-39-37-35-33-31-29-27-20-18-16-14-12-10-8-6-4-2/h41,43,47-49,51-54,56-57,59-61H,3-40,42,44-46H2,1-2H3,(H,55,58)/b43-41+/t47-,48+,49+,51-,52?,53?,54+/m0/s1. The minimum atomic E-state index is -1.56. The Kier molecular flexibility index (Phi) is 42.6. The Bertz CT molecular complexity index is 997. The summed E-state index contributed by atoms with van der Waals surface area (Å²) in [5.74, 6) is -0.171. The number of amides is 1. The molecule has 1 aliphatic heterocycles. The molecule has 0 aromatic carbocycles. The number of carbonyl (C=O) groups is 1. The van der Waals surface area contributed by atoms with Gasteiger partial charge in [-0.2, -0.15) is 0 Å². The zero-order chi connectivity index (χ0) is 45.9. The highest BCUT2D eigenvalue weighted by atomic mass is 16.7. The van der Waals surface area contributed by atoms with E-state index in [9.17, 15) is 30.3 Å². The number of hydrogen-bond acceptors (Lipinski definition) is 8. The maximum atomic E-state index is 13.0. The second-order valence-corrected chi connectivity index (χ2v) is 19.4. The first-order valence-corrected chi connectivity index (χ1v) is 27.4. The van der Waals surface area contributed by atoms with Gasteiger partial charge in [0.25, 0.3) is 0 Å². The van der Waals surface area contributed by atoms with Gasteiger partial charge >= 0.3 is 0 Å². The van der Waals surface area contributed by atoms with Crippen molar-refractivity contribution in [2.45, 2.75) is 314 Å². The average Bonchev–Trinajstić information content (AvgIpc) is 3.28. The zero-order valence-electron chi connectivity index (χ0n) is 41.4. The van der Waals surface area contributed by atoms with Gasteiger partial charge in [-0.1, -0.05) is 257 Å². The molecule has 6 N–H and O–H groups in total. The highest BCUT2D eigenvalue weighted by Crippen LogP contribution is 2.23. The van der Waals surface area contributed by atoms with Crippen molar-refractivity contribution in [1.82, 2.24) is 5.32 Å². The number of unbranched alkanes of at least 4 members (excludes halogenated alkanes) is 37. The van der Waals surface area contributed by atoms with E-state index in [1.54, 1.807) is 6.08 Å². The molecule has 1 amide bonds. The third kappa shape index (κ3) is 34.8. The van der Waals surface area contributed by atoms with E-state index in [1.165, 1.54) is 212 Å². The molecule has 374 valence electrons. The summed E-state index contributed by atoms with van der Waals surface area (Å²) in [5.41, 5.74) is 0. The summed E-state index contributed by atoms with van der Waals surface area (Å²) < 4.78 is 11.3. The van der Waals surface area contributed by atoms with Crippen LogP contribution in [-0.2, 0) is 14.3 Å². The molecule has 0 aliphatic carbocycles. The highest BCUT2D eigenvalue weighted by Gasteiger charge is 2.44. The van der Waals surface area contributed by atoms with Gasteiger partial charge < -0.3 is 40.3 Å². The summed E-state index contributed by atoms with van der Waals surface area (Å²) >= 11 is 0. The predicted octanol–water partition coefficient (Wildman–Crippen LogP) is 12.8. The van der Waals surface area contributed by atoms with Crippen LogP contribution in [-0.4, -0.2) is 87.5 Å². The van der Waals surface area contributed by atoms with Crippen molar-refractivity contribution in [1.29, 1.82) is 0 Å². The first-order chi connectivity index (χ1) is 30.8. The lowest BCUT2D eigenvalue weighted by molar-refractivity contribution is -0.302. The van der Waals surface area contributed by atoms with Crippen molar-refractivity contribution < 1.29 is 39.8 Å². The van der Waals surface area contributed by atoms with Gasteiger partial charge in [0.05, 0.1) is 25.4 Å². The summed E-state index contributed by atoms with van der Waals surface area (Å²) in [5, 5.41) is 54.4. The lowest BCUT2D eigenvalue weighted by atomic mass is 9.99. The molecule has 1 heterocycles. The minimum Gasteiger partial charge on any atom is -0.394 e. The molecule has 63 heavy (non-hydrogen) atoms. The van der Waals surface area contributed by atoms with Crippen molar-refractivity contribution in [2.24, 2.45) is 0 Å². The second-order valence-electron chi connectivity index (χ2n) is 19.4. The maximum Gasteiger partial charge on any atom is 0.220 e. The Morgan fingerprint density at radius 3 is 1.24 bits per heavy atom. The van der Waals surface area contributed by atoms with Crippen molar-refractivity contribution in [3.05, 3.63) is 12.2 Å². The van der Waals surface area contributed by atoms with Crippen LogP contribution in [0, 0.1) is 0 Å². The maximum absolute atomic E-state index is 13.0. The van der Waals surface area contributed by atoms with Crippen LogP contribution in [0.4, 0.5) is 0 Å². The molecule has 0 saturated carbocycles. The first-order valence-electron chi connectivity index (χ1n) is 27.4. The van der Waals surface area contributed by atoms with Gasteiger partial charge in [0.15, 0.2) is 6.29 Å². The third-order valence-electron chi connectivity index (χ3n) is 13.4. The third-order valence-corrected chi connectivity index (χ3v) is 13.4. The van der Waals surface area contributed by atoms with Gasteiger partial charge in [-0.15, -0.1) is 0 Å². The van der Waals surface area contributed by atoms with Crippen LogP contribution in [0.2, 0.25) is 0 Å². The normalized spacial score (nSPS) is 20.1. The van der Waals surface area contributed by atoms with E-state index < -0.39 is 49.5 Å². The molecular weight excluding hydrogens is 791 g/mol.